The molecule has 0 saturated carbocycles. The van der Waals surface area contributed by atoms with Gasteiger partial charge in [0.25, 0.3) is 0 Å². The first-order chi connectivity index (χ1) is 6.13. The second-order valence-corrected chi connectivity index (χ2v) is 3.65. The molecule has 1 heterocycles. The van der Waals surface area contributed by atoms with Crippen LogP contribution in [0.25, 0.3) is 0 Å². The van der Waals surface area contributed by atoms with Crippen LogP contribution < -0.4 is 0 Å². The monoisotopic (exact) mass is 179 g/mol. The number of carbonyl (C=O) groups excluding carboxylic acids is 1. The van der Waals surface area contributed by atoms with Crippen LogP contribution in [0.15, 0.2) is 12.7 Å². The van der Waals surface area contributed by atoms with Gasteiger partial charge in [-0.25, -0.2) is 0 Å². The zero-order valence-corrected chi connectivity index (χ0v) is 8.36. The van der Waals surface area contributed by atoms with Crippen LogP contribution in [0.2, 0.25) is 5.82 Å². The quantitative estimate of drug-likeness (QED) is 0.470. The van der Waals surface area contributed by atoms with Crippen molar-refractivity contribution in [3.05, 3.63) is 12.7 Å². The largest absolute Gasteiger partial charge is 0.329 e. The van der Waals surface area contributed by atoms with E-state index in [1.807, 2.05) is 0 Å². The number of amides is 1. The molecule has 1 amide bonds. The molecule has 1 radical (unpaired) electrons. The molecule has 0 unspecified atom stereocenters. The van der Waals surface area contributed by atoms with Gasteiger partial charge in [0.1, 0.15) is 0 Å². The molecule has 4 heteroatoms. The van der Waals surface area contributed by atoms with Crippen molar-refractivity contribution in [2.24, 2.45) is 0 Å². The van der Waals surface area contributed by atoms with E-state index >= 15 is 0 Å². The average molecular weight is 179 g/mol. The lowest BCUT2D eigenvalue weighted by Crippen LogP contribution is -2.32. The van der Waals surface area contributed by atoms with Gasteiger partial charge in [-0.1, -0.05) is 26.2 Å². The fraction of sp³-hybridized carbons (Fsp3) is 0.667. The number of rotatable bonds is 3. The third-order valence-corrected chi connectivity index (χ3v) is 2.00. The highest BCUT2D eigenvalue weighted by atomic mass is 16.2. The summed E-state index contributed by atoms with van der Waals surface area (Å²) in [6.45, 7) is 10.2. The van der Waals surface area contributed by atoms with Crippen LogP contribution >= 0.6 is 0 Å². The van der Waals surface area contributed by atoms with Gasteiger partial charge in [-0.05, 0) is 6.08 Å². The molecule has 3 nitrogen and oxygen atoms in total. The van der Waals surface area contributed by atoms with Crippen LogP contribution in [0.4, 0.5) is 0 Å². The lowest BCUT2D eigenvalue weighted by molar-refractivity contribution is -0.125. The summed E-state index contributed by atoms with van der Waals surface area (Å²) in [5.41, 5.74) is 0. The van der Waals surface area contributed by atoms with E-state index in [9.17, 15) is 4.79 Å². The minimum Gasteiger partial charge on any atom is -0.329 e. The first kappa shape index (κ1) is 10.3. The number of carbonyl (C=O) groups is 1. The molecule has 0 bridgehead atoms. The van der Waals surface area contributed by atoms with Crippen LogP contribution in [0.1, 0.15) is 13.8 Å². The second kappa shape index (κ2) is 4.47. The fourth-order valence-electron chi connectivity index (χ4n) is 1.46. The van der Waals surface area contributed by atoms with E-state index in [0.29, 0.717) is 12.5 Å². The molecule has 0 aromatic rings. The highest BCUT2D eigenvalue weighted by Gasteiger charge is 2.22. The summed E-state index contributed by atoms with van der Waals surface area (Å²) in [4.78, 5) is 15.2. The highest BCUT2D eigenvalue weighted by molar-refractivity contribution is 6.33. The summed E-state index contributed by atoms with van der Waals surface area (Å²) in [5.74, 6) is 0.568. The van der Waals surface area contributed by atoms with E-state index in [-0.39, 0.29) is 5.91 Å². The Morgan fingerprint density at radius 2 is 2.23 bits per heavy atom. The minimum absolute atomic E-state index is 0.0275. The van der Waals surface area contributed by atoms with Crippen molar-refractivity contribution in [2.45, 2.75) is 19.7 Å². The molecule has 0 aromatic heterocycles. The predicted octanol–water partition coefficient (Wildman–Crippen LogP) is 0.722. The lowest BCUT2D eigenvalue weighted by Gasteiger charge is -2.17. The van der Waals surface area contributed by atoms with Crippen LogP contribution in [0.3, 0.4) is 0 Å². The third-order valence-electron chi connectivity index (χ3n) is 2.00. The van der Waals surface area contributed by atoms with Crippen molar-refractivity contribution < 1.29 is 4.79 Å². The van der Waals surface area contributed by atoms with E-state index < -0.39 is 0 Å². The van der Waals surface area contributed by atoms with Gasteiger partial charge in [-0.15, -0.1) is 0 Å². The number of hydrogen-bond acceptors (Lipinski definition) is 2. The van der Waals surface area contributed by atoms with Gasteiger partial charge < -0.3 is 9.71 Å². The first-order valence-corrected chi connectivity index (χ1v) is 4.64. The van der Waals surface area contributed by atoms with E-state index in [1.54, 1.807) is 4.90 Å². The first-order valence-electron chi connectivity index (χ1n) is 4.64. The van der Waals surface area contributed by atoms with Gasteiger partial charge in [0.05, 0.1) is 6.67 Å². The Morgan fingerprint density at radius 3 is 2.77 bits per heavy atom. The molecule has 13 heavy (non-hydrogen) atoms. The molecule has 1 aliphatic heterocycles. The van der Waals surface area contributed by atoms with Gasteiger partial charge in [0.2, 0.25) is 13.3 Å². The van der Waals surface area contributed by atoms with Crippen molar-refractivity contribution in [1.82, 2.24) is 9.71 Å². The van der Waals surface area contributed by atoms with Crippen LogP contribution in [-0.2, 0) is 4.79 Å². The van der Waals surface area contributed by atoms with Crippen molar-refractivity contribution >= 4 is 13.3 Å². The molecular formula is C9H16BN2O. The van der Waals surface area contributed by atoms with Crippen molar-refractivity contribution in [3.63, 3.8) is 0 Å². The fourth-order valence-corrected chi connectivity index (χ4v) is 1.46. The summed E-state index contributed by atoms with van der Waals surface area (Å²) in [5, 5.41) is 0. The summed E-state index contributed by atoms with van der Waals surface area (Å²) < 4.78 is 0. The molecule has 0 aromatic carbocycles. The van der Waals surface area contributed by atoms with E-state index in [2.05, 4.69) is 32.7 Å². The van der Waals surface area contributed by atoms with E-state index in [0.717, 1.165) is 13.1 Å². The number of nitrogens with zero attached hydrogens (tertiary/aromatic N) is 2. The second-order valence-electron chi connectivity index (χ2n) is 3.65. The molecule has 0 spiro atoms. The normalized spacial score (nSPS) is 17.9. The van der Waals surface area contributed by atoms with Crippen molar-refractivity contribution in [1.29, 1.82) is 0 Å². The maximum absolute atomic E-state index is 11.2. The smallest absolute Gasteiger partial charge is 0.247 e. The molecule has 1 saturated heterocycles. The molecule has 0 atom stereocenters. The van der Waals surface area contributed by atoms with Gasteiger partial charge in [0.15, 0.2) is 0 Å². The van der Waals surface area contributed by atoms with Crippen molar-refractivity contribution in [2.75, 3.05) is 19.8 Å². The van der Waals surface area contributed by atoms with Crippen LogP contribution in [0, 0.1) is 0 Å². The standard InChI is InChI=1S/C9H16BN2O/c1-4-9(13)11-5-6-12(7-11)10-8(2)3/h4,8H,1,5-7H2,2-3H3. The Kier molecular flexibility index (Phi) is 3.54. The Morgan fingerprint density at radius 1 is 1.54 bits per heavy atom. The Hall–Kier alpha value is -0.765. The third kappa shape index (κ3) is 2.88. The highest BCUT2D eigenvalue weighted by Crippen LogP contribution is 2.08. The minimum atomic E-state index is 0.0275. The van der Waals surface area contributed by atoms with Crippen molar-refractivity contribution in [3.8, 4) is 0 Å². The molecule has 0 N–H and O–H groups in total. The zero-order chi connectivity index (χ0) is 9.84. The maximum Gasteiger partial charge on any atom is 0.247 e. The predicted molar refractivity (Wildman–Crippen MR) is 54.3 cm³/mol. The van der Waals surface area contributed by atoms with Crippen LogP contribution in [0.5, 0.6) is 0 Å². The number of hydrogen-bond donors (Lipinski definition) is 0. The molecule has 1 rings (SSSR count). The topological polar surface area (TPSA) is 23.6 Å². The summed E-state index contributed by atoms with van der Waals surface area (Å²) in [6.07, 6.45) is 1.37. The molecule has 71 valence electrons. The average Bonchev–Trinajstić information content (AvgIpc) is 2.50. The van der Waals surface area contributed by atoms with Gasteiger partial charge >= 0.3 is 0 Å². The van der Waals surface area contributed by atoms with Gasteiger partial charge in [-0.3, -0.25) is 4.79 Å². The van der Waals surface area contributed by atoms with Crippen LogP contribution in [-0.4, -0.2) is 42.8 Å². The summed E-state index contributed by atoms with van der Waals surface area (Å²) in [7, 11) is 2.16. The Balaban J connectivity index is 2.36. The molecule has 1 fully saturated rings. The zero-order valence-electron chi connectivity index (χ0n) is 8.36. The lowest BCUT2D eigenvalue weighted by atomic mass is 9.77. The molecule has 1 aliphatic rings. The Bertz CT molecular complexity index is 206. The summed E-state index contributed by atoms with van der Waals surface area (Å²) >= 11 is 0. The Labute approximate surface area is 80.7 Å². The summed E-state index contributed by atoms with van der Waals surface area (Å²) in [6, 6.07) is 0. The SMILES string of the molecule is C=CC(=O)N1CCN([B]C(C)C)C1. The van der Waals surface area contributed by atoms with E-state index in [1.165, 1.54) is 6.08 Å². The molecule has 0 aliphatic carbocycles. The van der Waals surface area contributed by atoms with Gasteiger partial charge in [-0.2, -0.15) is 0 Å². The van der Waals surface area contributed by atoms with Gasteiger partial charge in [0, 0.05) is 13.1 Å². The maximum atomic E-state index is 11.2. The van der Waals surface area contributed by atoms with E-state index in [4.69, 9.17) is 0 Å². The molecular weight excluding hydrogens is 163 g/mol.